The first-order chi connectivity index (χ1) is 19.5. The molecule has 0 spiro atoms. The molecule has 1 aliphatic carbocycles. The number of rotatable bonds is 11. The molecular formula is C24H27ClF8N4O4S. The Morgan fingerprint density at radius 1 is 1.17 bits per heavy atom. The number of aryl methyl sites for hydroxylation is 1. The average molecular weight is 655 g/mol. The molecule has 0 saturated heterocycles. The lowest BCUT2D eigenvalue weighted by Gasteiger charge is -2.27. The molecule has 1 unspecified atom stereocenters. The van der Waals surface area contributed by atoms with Crippen molar-refractivity contribution in [1.29, 1.82) is 0 Å². The summed E-state index contributed by atoms with van der Waals surface area (Å²) in [7, 11) is 0. The first kappa shape index (κ1) is 34.0. The van der Waals surface area contributed by atoms with Crippen molar-refractivity contribution in [3.8, 4) is 17.0 Å². The Labute approximate surface area is 242 Å². The van der Waals surface area contributed by atoms with Crippen LogP contribution in [0.1, 0.15) is 48.8 Å². The summed E-state index contributed by atoms with van der Waals surface area (Å²) in [6.07, 6.45) is -9.44. The molecule has 236 valence electrons. The second-order valence-electron chi connectivity index (χ2n) is 9.80. The Bertz CT molecular complexity index is 1250. The Kier molecular flexibility index (Phi) is 11.2. The highest BCUT2D eigenvalue weighted by Crippen LogP contribution is 2.43. The van der Waals surface area contributed by atoms with Gasteiger partial charge in [-0.25, -0.2) is 4.21 Å². The number of ether oxygens (including phenoxy) is 1. The average Bonchev–Trinajstić information content (AvgIpc) is 3.21. The number of halogens is 9. The topological polar surface area (TPSA) is 106 Å². The summed E-state index contributed by atoms with van der Waals surface area (Å²) >= 11 is 4.53. The fourth-order valence-electron chi connectivity index (χ4n) is 4.78. The molecule has 0 aliphatic heterocycles. The normalized spacial score (nSPS) is 18.9. The van der Waals surface area contributed by atoms with E-state index >= 15 is 0 Å². The summed E-state index contributed by atoms with van der Waals surface area (Å²) in [5, 5.41) is 6.49. The van der Waals surface area contributed by atoms with Gasteiger partial charge in [0.1, 0.15) is 5.75 Å². The van der Waals surface area contributed by atoms with E-state index in [4.69, 9.17) is 16.2 Å². The standard InChI is InChI=1S/C24H27ClF8N4O4S/c1-2-37-20(18(25)19(36-37)21(38)35-9-12-3-5-13(6-4-12)11-42(39)40)15-10-34-14(7-16(15)41-22(26)27)8-17(23(28,29)30)24(31,32)33/h7,10,12-13,17,22H,2-6,8-9,11H2,1H3,(H,35,38)(H,39,40). The molecular weight excluding hydrogens is 628 g/mol. The SMILES string of the molecule is CCn1nc(C(=O)NCC2CCC(CS(=O)O)CC2)c(Cl)c1-c1cnc(CC(C(F)(F)F)C(F)(F)F)cc1OC(F)F. The molecule has 1 amide bonds. The number of hydrogen-bond acceptors (Lipinski definition) is 5. The van der Waals surface area contributed by atoms with E-state index in [1.54, 1.807) is 6.92 Å². The van der Waals surface area contributed by atoms with Crippen LogP contribution in [0.3, 0.4) is 0 Å². The molecule has 2 aromatic heterocycles. The Hall–Kier alpha value is -2.53. The number of pyridine rings is 1. The predicted molar refractivity (Wildman–Crippen MR) is 135 cm³/mol. The van der Waals surface area contributed by atoms with Crippen molar-refractivity contribution in [2.45, 2.75) is 64.5 Å². The molecule has 1 saturated carbocycles. The van der Waals surface area contributed by atoms with Gasteiger partial charge >= 0.3 is 19.0 Å². The summed E-state index contributed by atoms with van der Waals surface area (Å²) in [4.78, 5) is 16.6. The van der Waals surface area contributed by atoms with Gasteiger partial charge in [-0.1, -0.05) is 11.6 Å². The Balaban J connectivity index is 1.86. The Morgan fingerprint density at radius 2 is 1.76 bits per heavy atom. The van der Waals surface area contributed by atoms with E-state index in [2.05, 4.69) is 20.1 Å². The van der Waals surface area contributed by atoms with E-state index in [0.29, 0.717) is 31.7 Å². The number of amides is 1. The summed E-state index contributed by atoms with van der Waals surface area (Å²) in [5.41, 5.74) is -1.59. The molecule has 1 fully saturated rings. The van der Waals surface area contributed by atoms with Crippen LogP contribution >= 0.6 is 11.6 Å². The summed E-state index contributed by atoms with van der Waals surface area (Å²) in [5.74, 6) is -4.92. The quantitative estimate of drug-likeness (QED) is 0.219. The van der Waals surface area contributed by atoms with Crippen LogP contribution in [0.15, 0.2) is 12.3 Å². The van der Waals surface area contributed by atoms with E-state index in [0.717, 1.165) is 10.9 Å². The maximum absolute atomic E-state index is 13.2. The largest absolute Gasteiger partial charge is 0.434 e. The zero-order valence-corrected chi connectivity index (χ0v) is 23.5. The van der Waals surface area contributed by atoms with Crippen LogP contribution in [-0.2, 0) is 24.0 Å². The van der Waals surface area contributed by atoms with Crippen molar-refractivity contribution in [2.24, 2.45) is 17.8 Å². The number of nitrogens with one attached hydrogen (secondary N) is 1. The molecule has 0 aromatic carbocycles. The van der Waals surface area contributed by atoms with Crippen molar-refractivity contribution in [3.63, 3.8) is 0 Å². The van der Waals surface area contributed by atoms with Gasteiger partial charge < -0.3 is 14.6 Å². The minimum atomic E-state index is -5.67. The highest BCUT2D eigenvalue weighted by atomic mass is 35.5. The third-order valence-electron chi connectivity index (χ3n) is 6.90. The maximum atomic E-state index is 13.2. The van der Waals surface area contributed by atoms with Crippen molar-refractivity contribution < 1.29 is 53.4 Å². The lowest BCUT2D eigenvalue weighted by molar-refractivity contribution is -0.283. The zero-order chi connectivity index (χ0) is 31.4. The first-order valence-corrected chi connectivity index (χ1v) is 14.4. The molecule has 8 nitrogen and oxygen atoms in total. The zero-order valence-electron chi connectivity index (χ0n) is 21.9. The van der Waals surface area contributed by atoms with Crippen molar-refractivity contribution in [1.82, 2.24) is 20.1 Å². The smallest absolute Gasteiger partial charge is 0.400 e. The van der Waals surface area contributed by atoms with E-state index in [-0.39, 0.29) is 52.7 Å². The predicted octanol–water partition coefficient (Wildman–Crippen LogP) is 6.26. The van der Waals surface area contributed by atoms with E-state index in [1.165, 1.54) is 0 Å². The fourth-order valence-corrected chi connectivity index (χ4v) is 5.84. The van der Waals surface area contributed by atoms with Crippen LogP contribution in [0.4, 0.5) is 35.1 Å². The van der Waals surface area contributed by atoms with Gasteiger partial charge in [0.2, 0.25) is 0 Å². The molecule has 2 N–H and O–H groups in total. The highest BCUT2D eigenvalue weighted by molar-refractivity contribution is 7.79. The summed E-state index contributed by atoms with van der Waals surface area (Å²) in [6, 6.07) is 0.539. The monoisotopic (exact) mass is 654 g/mol. The molecule has 2 aromatic rings. The van der Waals surface area contributed by atoms with E-state index in [1.807, 2.05) is 0 Å². The lowest BCUT2D eigenvalue weighted by Crippen LogP contribution is -2.38. The Morgan fingerprint density at radius 3 is 2.29 bits per heavy atom. The second kappa shape index (κ2) is 13.8. The van der Waals surface area contributed by atoms with Gasteiger partial charge in [0.05, 0.1) is 22.0 Å². The summed E-state index contributed by atoms with van der Waals surface area (Å²) < 4.78 is 130. The third-order valence-corrected chi connectivity index (χ3v) is 8.02. The fraction of sp³-hybridized carbons (Fsp3) is 0.625. The second-order valence-corrected chi connectivity index (χ2v) is 11.2. The van der Waals surface area contributed by atoms with Crippen LogP contribution in [0, 0.1) is 17.8 Å². The first-order valence-electron chi connectivity index (χ1n) is 12.7. The minimum absolute atomic E-state index is 0.0403. The number of hydrogen-bond donors (Lipinski definition) is 2. The molecule has 2 heterocycles. The van der Waals surface area contributed by atoms with Crippen molar-refractivity contribution in [2.75, 3.05) is 12.3 Å². The van der Waals surface area contributed by atoms with Gasteiger partial charge in [-0.2, -0.15) is 40.2 Å². The van der Waals surface area contributed by atoms with Crippen LogP contribution in [0.5, 0.6) is 5.75 Å². The molecule has 0 bridgehead atoms. The van der Waals surface area contributed by atoms with Gasteiger partial charge in [0.25, 0.3) is 5.91 Å². The highest BCUT2D eigenvalue weighted by Gasteiger charge is 2.56. The number of aromatic nitrogens is 3. The van der Waals surface area contributed by atoms with Crippen LogP contribution in [0.25, 0.3) is 11.3 Å². The van der Waals surface area contributed by atoms with Gasteiger partial charge in [-0.05, 0) is 44.4 Å². The van der Waals surface area contributed by atoms with Gasteiger partial charge in [-0.15, -0.1) is 0 Å². The molecule has 1 atom stereocenters. The maximum Gasteiger partial charge on any atom is 0.400 e. The molecule has 0 radical (unpaired) electrons. The van der Waals surface area contributed by atoms with Crippen LogP contribution in [0.2, 0.25) is 5.02 Å². The van der Waals surface area contributed by atoms with Crippen LogP contribution < -0.4 is 10.1 Å². The molecule has 1 aliphatic rings. The number of carbonyl (C=O) groups excluding carboxylic acids is 1. The van der Waals surface area contributed by atoms with Crippen molar-refractivity contribution in [3.05, 3.63) is 28.7 Å². The number of alkyl halides is 8. The van der Waals surface area contributed by atoms with E-state index < -0.39 is 59.7 Å². The lowest BCUT2D eigenvalue weighted by atomic mass is 9.83. The number of carbonyl (C=O) groups is 1. The number of nitrogens with zero attached hydrogens (tertiary/aromatic N) is 3. The molecule has 3 rings (SSSR count). The van der Waals surface area contributed by atoms with Crippen molar-refractivity contribution >= 4 is 28.6 Å². The summed E-state index contributed by atoms with van der Waals surface area (Å²) in [6.45, 7) is -1.65. The molecule has 42 heavy (non-hydrogen) atoms. The third kappa shape index (κ3) is 8.75. The molecule has 18 heteroatoms. The van der Waals surface area contributed by atoms with Gasteiger partial charge in [0, 0.05) is 37.5 Å². The van der Waals surface area contributed by atoms with Gasteiger partial charge in [0.15, 0.2) is 22.7 Å². The van der Waals surface area contributed by atoms with Crippen LogP contribution in [-0.4, -0.2) is 60.7 Å². The minimum Gasteiger partial charge on any atom is -0.434 e. The van der Waals surface area contributed by atoms with E-state index in [9.17, 15) is 44.1 Å². The van der Waals surface area contributed by atoms with Gasteiger partial charge in [-0.3, -0.25) is 14.5 Å².